The van der Waals surface area contributed by atoms with E-state index < -0.39 is 5.97 Å². The number of benzene rings is 2. The quantitative estimate of drug-likeness (QED) is 0.665. The van der Waals surface area contributed by atoms with E-state index in [4.69, 9.17) is 9.84 Å². The van der Waals surface area contributed by atoms with E-state index in [1.165, 1.54) is 11.9 Å². The number of hydrogen-bond donors (Lipinski definition) is 2. The van der Waals surface area contributed by atoms with Crippen molar-refractivity contribution in [2.24, 2.45) is 5.10 Å². The summed E-state index contributed by atoms with van der Waals surface area (Å²) >= 11 is 1.47. The van der Waals surface area contributed by atoms with Gasteiger partial charge in [0.1, 0.15) is 11.5 Å². The summed E-state index contributed by atoms with van der Waals surface area (Å²) in [6, 6.07) is 12.8. The molecular weight excluding hydrogens is 312 g/mol. The lowest BCUT2D eigenvalue weighted by atomic mass is 9.96. The molecule has 2 aromatic rings. The van der Waals surface area contributed by atoms with E-state index >= 15 is 0 Å². The Kier molecular flexibility index (Phi) is 4.63. The first-order valence-corrected chi connectivity index (χ1v) is 7.83. The molecule has 6 heteroatoms. The van der Waals surface area contributed by atoms with Gasteiger partial charge in [0.2, 0.25) is 0 Å². The van der Waals surface area contributed by atoms with Crippen molar-refractivity contribution >= 4 is 24.1 Å². The van der Waals surface area contributed by atoms with Crippen molar-refractivity contribution in [3.8, 4) is 11.5 Å². The zero-order chi connectivity index (χ0) is 16.1. The molecule has 5 nitrogen and oxygen atoms in total. The molecule has 0 saturated heterocycles. The summed E-state index contributed by atoms with van der Waals surface area (Å²) in [5.41, 5.74) is 2.09. The van der Waals surface area contributed by atoms with Crippen LogP contribution in [-0.4, -0.2) is 17.3 Å². The fraction of sp³-hybridized carbons (Fsp3) is 0.0588. The number of carbonyl (C=O) groups is 1. The summed E-state index contributed by atoms with van der Waals surface area (Å²) in [7, 11) is 0. The Bertz CT molecular complexity index is 775. The largest absolute Gasteiger partial charge is 0.478 e. The number of aromatic carboxylic acids is 1. The molecule has 0 spiro atoms. The average Bonchev–Trinajstić information content (AvgIpc) is 2.61. The molecule has 0 aliphatic carbocycles. The molecule has 0 saturated carbocycles. The van der Waals surface area contributed by atoms with E-state index in [0.717, 1.165) is 16.9 Å². The molecule has 0 radical (unpaired) electrons. The molecule has 0 aromatic heterocycles. The van der Waals surface area contributed by atoms with Gasteiger partial charge in [0, 0.05) is 18.2 Å². The van der Waals surface area contributed by atoms with Crippen LogP contribution in [0.2, 0.25) is 0 Å². The van der Waals surface area contributed by atoms with Gasteiger partial charge >= 0.3 is 5.97 Å². The molecular formula is C17H14N2O3S. The second-order valence-electron chi connectivity index (χ2n) is 4.79. The number of nitrogens with one attached hydrogen (secondary N) is 1. The highest BCUT2D eigenvalue weighted by Gasteiger charge is 2.21. The summed E-state index contributed by atoms with van der Waals surface area (Å²) in [5, 5.41) is 14.7. The number of nitrogens with zero attached hydrogens (tertiary/aromatic N) is 1. The summed E-state index contributed by atoms with van der Waals surface area (Å²) in [6.07, 6.45) is 4.19. The maximum absolute atomic E-state index is 11.1. The van der Waals surface area contributed by atoms with E-state index in [-0.39, 0.29) is 0 Å². The number of carboxylic acid groups (broad SMARTS) is 1. The average molecular weight is 326 g/mol. The van der Waals surface area contributed by atoms with Crippen LogP contribution >= 0.6 is 11.9 Å². The van der Waals surface area contributed by atoms with Gasteiger partial charge in [-0.3, -0.25) is 0 Å². The Morgan fingerprint density at radius 2 is 2.00 bits per heavy atom. The molecule has 23 heavy (non-hydrogen) atoms. The number of ether oxygens (including phenoxy) is 1. The number of carboxylic acids is 1. The Morgan fingerprint density at radius 1 is 1.17 bits per heavy atom. The standard InChI is InChI=1S/C14H10O3.C3H4N2S/c15-14(16)10-5-3-7-13-11(10)8-9-4-1-2-6-12(9)17-13;1-2-4-5-6-3-1/h1-7H,8H2,(H,15,16);1-3,5H. The van der Waals surface area contributed by atoms with Gasteiger partial charge in [0.15, 0.2) is 0 Å². The molecule has 116 valence electrons. The van der Waals surface area contributed by atoms with Gasteiger partial charge in [-0.2, -0.15) is 5.10 Å². The molecule has 0 atom stereocenters. The molecule has 0 unspecified atom stereocenters. The lowest BCUT2D eigenvalue weighted by Crippen LogP contribution is -2.09. The van der Waals surface area contributed by atoms with Crippen LogP contribution in [-0.2, 0) is 6.42 Å². The van der Waals surface area contributed by atoms with Crippen LogP contribution in [0.5, 0.6) is 11.5 Å². The number of hydrazone groups is 1. The predicted octanol–water partition coefficient (Wildman–Crippen LogP) is 3.82. The van der Waals surface area contributed by atoms with E-state index in [9.17, 15) is 4.79 Å². The molecule has 2 aromatic carbocycles. The van der Waals surface area contributed by atoms with E-state index in [0.29, 0.717) is 17.7 Å². The van der Waals surface area contributed by atoms with Crippen molar-refractivity contribution in [1.29, 1.82) is 0 Å². The highest BCUT2D eigenvalue weighted by molar-refractivity contribution is 8.00. The van der Waals surface area contributed by atoms with Crippen LogP contribution in [0.15, 0.2) is 59.1 Å². The molecule has 2 aliphatic rings. The third kappa shape index (κ3) is 3.54. The lowest BCUT2D eigenvalue weighted by molar-refractivity contribution is 0.0695. The first-order chi connectivity index (χ1) is 11.3. The van der Waals surface area contributed by atoms with Crippen LogP contribution < -0.4 is 9.57 Å². The number of hydrogen-bond acceptors (Lipinski definition) is 5. The molecule has 2 heterocycles. The van der Waals surface area contributed by atoms with Gasteiger partial charge in [-0.1, -0.05) is 24.3 Å². The lowest BCUT2D eigenvalue weighted by Gasteiger charge is -2.21. The zero-order valence-electron chi connectivity index (χ0n) is 12.1. The topological polar surface area (TPSA) is 70.9 Å². The van der Waals surface area contributed by atoms with Crippen LogP contribution in [0.3, 0.4) is 0 Å². The Balaban J connectivity index is 0.000000220. The predicted molar refractivity (Wildman–Crippen MR) is 91.1 cm³/mol. The van der Waals surface area contributed by atoms with Crippen molar-refractivity contribution in [2.45, 2.75) is 6.42 Å². The van der Waals surface area contributed by atoms with Crippen molar-refractivity contribution in [3.63, 3.8) is 0 Å². The molecule has 2 N–H and O–H groups in total. The second-order valence-corrected chi connectivity index (χ2v) is 5.48. The Morgan fingerprint density at radius 3 is 2.65 bits per heavy atom. The van der Waals surface area contributed by atoms with E-state index in [1.54, 1.807) is 24.4 Å². The number of allylic oxidation sites excluding steroid dienone is 1. The number of para-hydroxylation sites is 1. The normalized spacial score (nSPS) is 13.6. The maximum Gasteiger partial charge on any atom is 0.336 e. The maximum atomic E-state index is 11.1. The SMILES string of the molecule is C1=CSNN=C1.O=C(O)c1cccc2c1Cc1ccccc1O2. The van der Waals surface area contributed by atoms with Crippen LogP contribution in [0, 0.1) is 0 Å². The van der Waals surface area contributed by atoms with Gasteiger partial charge < -0.3 is 9.84 Å². The first-order valence-electron chi connectivity index (χ1n) is 6.95. The second kappa shape index (κ2) is 7.02. The highest BCUT2D eigenvalue weighted by Crippen LogP contribution is 2.37. The molecule has 0 bridgehead atoms. The number of rotatable bonds is 1. The third-order valence-electron chi connectivity index (χ3n) is 3.34. The van der Waals surface area contributed by atoms with Gasteiger partial charge in [-0.15, -0.1) is 0 Å². The van der Waals surface area contributed by atoms with E-state index in [2.05, 4.69) is 9.93 Å². The minimum Gasteiger partial charge on any atom is -0.478 e. The Labute approximate surface area is 137 Å². The zero-order valence-corrected chi connectivity index (χ0v) is 12.9. The summed E-state index contributed by atoms with van der Waals surface area (Å²) in [6.45, 7) is 0. The van der Waals surface area contributed by atoms with Crippen LogP contribution in [0.25, 0.3) is 0 Å². The fourth-order valence-corrected chi connectivity index (χ4v) is 2.64. The third-order valence-corrected chi connectivity index (χ3v) is 3.84. The minimum absolute atomic E-state index is 0.317. The van der Waals surface area contributed by atoms with Crippen molar-refractivity contribution in [2.75, 3.05) is 0 Å². The van der Waals surface area contributed by atoms with Crippen LogP contribution in [0.4, 0.5) is 0 Å². The smallest absolute Gasteiger partial charge is 0.336 e. The monoisotopic (exact) mass is 326 g/mol. The summed E-state index contributed by atoms with van der Waals surface area (Å²) in [4.78, 5) is 13.8. The van der Waals surface area contributed by atoms with E-state index in [1.807, 2.05) is 35.7 Å². The van der Waals surface area contributed by atoms with Gasteiger partial charge in [0.25, 0.3) is 0 Å². The summed E-state index contributed by atoms with van der Waals surface area (Å²) in [5.74, 6) is 0.538. The van der Waals surface area contributed by atoms with Gasteiger partial charge in [-0.25, -0.2) is 9.63 Å². The fourth-order valence-electron chi connectivity index (χ4n) is 2.31. The molecule has 2 aliphatic heterocycles. The van der Waals surface area contributed by atoms with Crippen LogP contribution in [0.1, 0.15) is 21.5 Å². The molecule has 4 rings (SSSR count). The van der Waals surface area contributed by atoms with Crippen molar-refractivity contribution in [3.05, 3.63) is 70.6 Å². The highest BCUT2D eigenvalue weighted by atomic mass is 32.2. The van der Waals surface area contributed by atoms with Crippen molar-refractivity contribution in [1.82, 2.24) is 4.83 Å². The Hall–Kier alpha value is -2.73. The van der Waals surface area contributed by atoms with Gasteiger partial charge in [-0.05, 0) is 47.2 Å². The van der Waals surface area contributed by atoms with Crippen molar-refractivity contribution < 1.29 is 14.6 Å². The number of fused-ring (bicyclic) bond motifs is 2. The summed E-state index contributed by atoms with van der Waals surface area (Å²) < 4.78 is 5.70. The first kappa shape index (κ1) is 15.2. The van der Waals surface area contributed by atoms with Gasteiger partial charge in [0.05, 0.1) is 5.56 Å². The molecule has 0 fully saturated rings. The molecule has 0 amide bonds. The minimum atomic E-state index is -0.912.